The Kier molecular flexibility index (Phi) is 14.9. The summed E-state index contributed by atoms with van der Waals surface area (Å²) in [6.45, 7) is 31.6. The largest absolute Gasteiger partial charge is 0.302 e. The van der Waals surface area contributed by atoms with E-state index in [1.807, 2.05) is 13.8 Å². The third kappa shape index (κ3) is 9.40. The van der Waals surface area contributed by atoms with Crippen molar-refractivity contribution in [2.24, 2.45) is 16.7 Å². The lowest BCUT2D eigenvalue weighted by molar-refractivity contribution is -0.0871. The summed E-state index contributed by atoms with van der Waals surface area (Å²) in [6, 6.07) is 1.48. The highest BCUT2D eigenvalue weighted by atomic mass is 15.2. The van der Waals surface area contributed by atoms with E-state index >= 15 is 0 Å². The average Bonchev–Trinajstić information content (AvgIpc) is 2.79. The number of piperidine rings is 2. The van der Waals surface area contributed by atoms with Crippen LogP contribution >= 0.6 is 0 Å². The first-order valence-electron chi connectivity index (χ1n) is 15.4. The fourth-order valence-corrected chi connectivity index (χ4v) is 6.44. The Morgan fingerprint density at radius 2 is 1.00 bits per heavy atom. The molecular formula is C31H65N3. The topological polar surface area (TPSA) is 9.72 Å². The summed E-state index contributed by atoms with van der Waals surface area (Å²) >= 11 is 0. The third-order valence-corrected chi connectivity index (χ3v) is 8.76. The maximum atomic E-state index is 2.80. The molecule has 2 spiro atoms. The van der Waals surface area contributed by atoms with E-state index in [1.165, 1.54) is 104 Å². The summed E-state index contributed by atoms with van der Waals surface area (Å²) in [5.74, 6) is 1.01. The van der Waals surface area contributed by atoms with Gasteiger partial charge in [-0.05, 0) is 109 Å². The maximum absolute atomic E-state index is 2.80. The Hall–Kier alpha value is -0.120. The molecule has 3 heteroatoms. The molecule has 4 rings (SSSR count). The van der Waals surface area contributed by atoms with E-state index in [1.54, 1.807) is 0 Å². The Morgan fingerprint density at radius 1 is 0.647 bits per heavy atom. The van der Waals surface area contributed by atoms with Gasteiger partial charge in [0.25, 0.3) is 0 Å². The Morgan fingerprint density at radius 3 is 1.32 bits per heavy atom. The molecule has 3 nitrogen and oxygen atoms in total. The quantitative estimate of drug-likeness (QED) is 0.396. The Bertz CT molecular complexity index is 439. The molecule has 4 fully saturated rings. The van der Waals surface area contributed by atoms with Gasteiger partial charge in [0.1, 0.15) is 0 Å². The van der Waals surface area contributed by atoms with E-state index in [2.05, 4.69) is 70.1 Å². The van der Waals surface area contributed by atoms with Crippen molar-refractivity contribution in [2.75, 3.05) is 45.8 Å². The first kappa shape index (κ1) is 31.9. The Balaban J connectivity index is 0.000000562. The molecule has 0 N–H and O–H groups in total. The predicted molar refractivity (Wildman–Crippen MR) is 154 cm³/mol. The number of likely N-dealkylation sites (tertiary alicyclic amines) is 3. The van der Waals surface area contributed by atoms with E-state index in [9.17, 15) is 0 Å². The van der Waals surface area contributed by atoms with Gasteiger partial charge in [-0.25, -0.2) is 0 Å². The Labute approximate surface area is 216 Å². The zero-order valence-corrected chi connectivity index (χ0v) is 25.4. The highest BCUT2D eigenvalue weighted by Gasteiger charge is 2.49. The van der Waals surface area contributed by atoms with Gasteiger partial charge in [0.15, 0.2) is 0 Å². The summed E-state index contributed by atoms with van der Waals surface area (Å²) in [4.78, 5) is 8.15. The fourth-order valence-electron chi connectivity index (χ4n) is 6.44. The standard InChI is InChI=1S/C22H41N3.C4H10.C3H8.C2H6/c1-18(2)24-9-5-21(6-10-24)13-20(14-21)15-23-16-22(17-23)7-11-25(12-8-22)19(3)4;1-3-4-2;1-3-2;1-2/h18-20H,5-17H2,1-4H3;3-4H2,1-2H3;3H2,1-2H3;1-2H3. The number of hydrogen-bond acceptors (Lipinski definition) is 3. The van der Waals surface area contributed by atoms with Crippen LogP contribution in [0.15, 0.2) is 0 Å². The summed E-state index contributed by atoms with van der Waals surface area (Å²) in [5.41, 5.74) is 1.46. The minimum atomic E-state index is 0.704. The molecule has 0 atom stereocenters. The molecule has 3 aliphatic heterocycles. The average molecular weight is 480 g/mol. The minimum absolute atomic E-state index is 0.704. The molecule has 0 aromatic carbocycles. The maximum Gasteiger partial charge on any atom is 0.00516 e. The molecule has 4 aliphatic rings. The molecule has 3 heterocycles. The molecular weight excluding hydrogens is 414 g/mol. The molecule has 0 amide bonds. The van der Waals surface area contributed by atoms with Gasteiger partial charge in [-0.3, -0.25) is 0 Å². The number of rotatable bonds is 5. The van der Waals surface area contributed by atoms with Crippen LogP contribution in [0.1, 0.15) is 127 Å². The van der Waals surface area contributed by atoms with Crippen LogP contribution in [0.4, 0.5) is 0 Å². The summed E-state index contributed by atoms with van der Waals surface area (Å²) in [6.07, 6.45) is 12.8. The van der Waals surface area contributed by atoms with Crippen LogP contribution in [-0.4, -0.2) is 72.6 Å². The summed E-state index contributed by atoms with van der Waals surface area (Å²) < 4.78 is 0. The number of unbranched alkanes of at least 4 members (excludes halogenated alkanes) is 1. The summed E-state index contributed by atoms with van der Waals surface area (Å²) in [7, 11) is 0. The monoisotopic (exact) mass is 480 g/mol. The van der Waals surface area contributed by atoms with Crippen molar-refractivity contribution in [1.29, 1.82) is 0 Å². The first-order chi connectivity index (χ1) is 16.2. The van der Waals surface area contributed by atoms with Crippen molar-refractivity contribution in [3.8, 4) is 0 Å². The minimum Gasteiger partial charge on any atom is -0.302 e. The van der Waals surface area contributed by atoms with E-state index in [-0.39, 0.29) is 0 Å². The molecule has 3 saturated heterocycles. The zero-order chi connectivity index (χ0) is 25.8. The van der Waals surface area contributed by atoms with Crippen LogP contribution in [0.5, 0.6) is 0 Å². The van der Waals surface area contributed by atoms with Gasteiger partial charge < -0.3 is 14.7 Å². The van der Waals surface area contributed by atoms with Crippen molar-refractivity contribution in [3.05, 3.63) is 0 Å². The van der Waals surface area contributed by atoms with Crippen molar-refractivity contribution >= 4 is 0 Å². The molecule has 0 unspecified atom stereocenters. The molecule has 0 bridgehead atoms. The second-order valence-electron chi connectivity index (χ2n) is 12.4. The van der Waals surface area contributed by atoms with E-state index in [4.69, 9.17) is 0 Å². The SMILES string of the molecule is CC.CC(C)N1CCC2(CC1)CC(CN1CC3(CCN(C(C)C)CC3)C1)C2.CCC.CCCC. The lowest BCUT2D eigenvalue weighted by Gasteiger charge is -2.58. The van der Waals surface area contributed by atoms with Gasteiger partial charge in [-0.2, -0.15) is 0 Å². The second kappa shape index (κ2) is 15.9. The van der Waals surface area contributed by atoms with Gasteiger partial charge in [-0.1, -0.05) is 60.8 Å². The fraction of sp³-hybridized carbons (Fsp3) is 1.00. The third-order valence-electron chi connectivity index (χ3n) is 8.76. The lowest BCUT2D eigenvalue weighted by Crippen LogP contribution is -2.62. The van der Waals surface area contributed by atoms with Crippen LogP contribution in [0.2, 0.25) is 0 Å². The van der Waals surface area contributed by atoms with Crippen LogP contribution in [0, 0.1) is 16.7 Å². The van der Waals surface area contributed by atoms with Crippen LogP contribution in [0.25, 0.3) is 0 Å². The van der Waals surface area contributed by atoms with Crippen LogP contribution in [-0.2, 0) is 0 Å². The highest BCUT2D eigenvalue weighted by molar-refractivity contribution is 5.02. The highest BCUT2D eigenvalue weighted by Crippen LogP contribution is 2.53. The number of nitrogens with zero attached hydrogens (tertiary/aromatic N) is 3. The van der Waals surface area contributed by atoms with Crippen LogP contribution < -0.4 is 0 Å². The van der Waals surface area contributed by atoms with Gasteiger partial charge >= 0.3 is 0 Å². The first-order valence-corrected chi connectivity index (χ1v) is 15.4. The molecule has 0 radical (unpaired) electrons. The van der Waals surface area contributed by atoms with Crippen molar-refractivity contribution in [3.63, 3.8) is 0 Å². The smallest absolute Gasteiger partial charge is 0.00516 e. The predicted octanol–water partition coefficient (Wildman–Crippen LogP) is 7.94. The van der Waals surface area contributed by atoms with Crippen LogP contribution in [0.3, 0.4) is 0 Å². The van der Waals surface area contributed by atoms with Gasteiger partial charge in [0.05, 0.1) is 0 Å². The molecule has 1 aliphatic carbocycles. The molecule has 1 saturated carbocycles. The van der Waals surface area contributed by atoms with Crippen molar-refractivity contribution in [1.82, 2.24) is 14.7 Å². The van der Waals surface area contributed by atoms with E-state index in [0.29, 0.717) is 5.41 Å². The zero-order valence-electron chi connectivity index (χ0n) is 25.4. The van der Waals surface area contributed by atoms with Gasteiger partial charge in [0.2, 0.25) is 0 Å². The molecule has 34 heavy (non-hydrogen) atoms. The van der Waals surface area contributed by atoms with E-state index in [0.717, 1.165) is 23.4 Å². The molecule has 0 aromatic heterocycles. The molecule has 0 aromatic rings. The normalized spacial score (nSPS) is 24.4. The molecule has 204 valence electrons. The van der Waals surface area contributed by atoms with Gasteiger partial charge in [-0.15, -0.1) is 0 Å². The van der Waals surface area contributed by atoms with Crippen molar-refractivity contribution in [2.45, 2.75) is 139 Å². The number of hydrogen-bond donors (Lipinski definition) is 0. The lowest BCUT2D eigenvalue weighted by atomic mass is 9.57. The second-order valence-corrected chi connectivity index (χ2v) is 12.4. The van der Waals surface area contributed by atoms with E-state index < -0.39 is 0 Å². The summed E-state index contributed by atoms with van der Waals surface area (Å²) in [5, 5.41) is 0. The van der Waals surface area contributed by atoms with Crippen molar-refractivity contribution < 1.29 is 0 Å². The van der Waals surface area contributed by atoms with Gasteiger partial charge in [0, 0.05) is 31.7 Å².